The third-order valence-electron chi connectivity index (χ3n) is 2.73. The number of hydrogen-bond acceptors (Lipinski definition) is 4. The van der Waals surface area contributed by atoms with Crippen LogP contribution in [0.3, 0.4) is 0 Å². The summed E-state index contributed by atoms with van der Waals surface area (Å²) in [5, 5.41) is 5.12. The monoisotopic (exact) mass is 331 g/mol. The van der Waals surface area contributed by atoms with E-state index < -0.39 is 5.97 Å². The summed E-state index contributed by atoms with van der Waals surface area (Å²) in [6.45, 7) is 7.18. The van der Waals surface area contributed by atoms with Crippen LogP contribution < -0.4 is 5.43 Å². The van der Waals surface area contributed by atoms with E-state index in [1.807, 2.05) is 13.8 Å². The predicted molar refractivity (Wildman–Crippen MR) is 87.1 cm³/mol. The van der Waals surface area contributed by atoms with Crippen LogP contribution in [0.2, 0.25) is 10.0 Å². The molecule has 1 aromatic rings. The summed E-state index contributed by atoms with van der Waals surface area (Å²) in [5.74, 6) is -0.273. The lowest BCUT2D eigenvalue weighted by Gasteiger charge is -2.21. The number of anilines is 1. The second-order valence-electron chi connectivity index (χ2n) is 4.06. The van der Waals surface area contributed by atoms with Gasteiger partial charge in [-0.1, -0.05) is 23.2 Å². The van der Waals surface area contributed by atoms with Gasteiger partial charge in [-0.25, -0.2) is 4.79 Å². The lowest BCUT2D eigenvalue weighted by Crippen LogP contribution is -2.38. The van der Waals surface area contributed by atoms with Crippen molar-refractivity contribution in [3.05, 3.63) is 28.2 Å². The van der Waals surface area contributed by atoms with Crippen LogP contribution in [0.15, 0.2) is 23.3 Å². The van der Waals surface area contributed by atoms with E-state index in [1.54, 1.807) is 30.0 Å². The molecule has 0 radical (unpaired) electrons. The number of hydrazone groups is 1. The Morgan fingerprint density at radius 2 is 1.95 bits per heavy atom. The zero-order valence-corrected chi connectivity index (χ0v) is 13.8. The molecular weight excluding hydrogens is 313 g/mol. The quantitative estimate of drug-likeness (QED) is 0.387. The van der Waals surface area contributed by atoms with Crippen LogP contribution in [-0.4, -0.2) is 36.4 Å². The zero-order chi connectivity index (χ0) is 15.8. The fraction of sp³-hybridized carbons (Fsp3) is 0.429. The van der Waals surface area contributed by atoms with E-state index in [9.17, 15) is 4.79 Å². The fourth-order valence-electron chi connectivity index (χ4n) is 1.66. The molecule has 7 heteroatoms. The minimum atomic E-state index is -0.480. The van der Waals surface area contributed by atoms with Crippen molar-refractivity contribution in [2.45, 2.75) is 20.8 Å². The molecule has 0 saturated heterocycles. The van der Waals surface area contributed by atoms with E-state index in [2.05, 4.69) is 10.5 Å². The first-order valence-electron chi connectivity index (χ1n) is 6.74. The lowest BCUT2D eigenvalue weighted by molar-refractivity contribution is -0.135. The highest BCUT2D eigenvalue weighted by atomic mass is 35.5. The second-order valence-corrected chi connectivity index (χ2v) is 4.91. The average Bonchev–Trinajstić information content (AvgIpc) is 2.47. The predicted octanol–water partition coefficient (Wildman–Crippen LogP) is 3.62. The second kappa shape index (κ2) is 8.74. The summed E-state index contributed by atoms with van der Waals surface area (Å²) in [6, 6.07) is 4.97. The first kappa shape index (κ1) is 17.6. The molecule has 0 aliphatic rings. The first-order chi connectivity index (χ1) is 10.0. The van der Waals surface area contributed by atoms with Crippen molar-refractivity contribution in [1.82, 2.24) is 4.90 Å². The van der Waals surface area contributed by atoms with Gasteiger partial charge >= 0.3 is 5.97 Å². The molecule has 0 aromatic heterocycles. The molecule has 0 bridgehead atoms. The number of nitrogens with zero attached hydrogens (tertiary/aromatic N) is 2. The molecule has 0 fully saturated rings. The lowest BCUT2D eigenvalue weighted by atomic mass is 10.3. The van der Waals surface area contributed by atoms with Gasteiger partial charge < -0.3 is 9.64 Å². The van der Waals surface area contributed by atoms with E-state index >= 15 is 0 Å². The fourth-order valence-corrected chi connectivity index (χ4v) is 1.99. The molecule has 0 aliphatic carbocycles. The maximum absolute atomic E-state index is 12.0. The van der Waals surface area contributed by atoms with Crippen molar-refractivity contribution in [3.63, 3.8) is 0 Å². The molecule has 0 atom stereocenters. The summed E-state index contributed by atoms with van der Waals surface area (Å²) in [4.78, 5) is 13.8. The molecule has 116 valence electrons. The Morgan fingerprint density at radius 3 is 2.52 bits per heavy atom. The number of hydrogen-bond donors (Lipinski definition) is 1. The molecule has 0 aliphatic heterocycles. The number of esters is 1. The molecule has 0 amide bonds. The van der Waals surface area contributed by atoms with Crippen molar-refractivity contribution in [2.24, 2.45) is 5.10 Å². The number of ether oxygens (including phenoxy) is 1. The number of halogens is 2. The van der Waals surface area contributed by atoms with Crippen molar-refractivity contribution in [3.8, 4) is 0 Å². The molecule has 1 N–H and O–H groups in total. The van der Waals surface area contributed by atoms with Crippen molar-refractivity contribution in [2.75, 3.05) is 25.1 Å². The number of rotatable bonds is 5. The number of likely N-dealkylation sites (N-methyl/N-ethyl adjacent to an activating group) is 1. The summed E-state index contributed by atoms with van der Waals surface area (Å²) in [6.07, 6.45) is 0. The highest BCUT2D eigenvalue weighted by Crippen LogP contribution is 2.25. The molecule has 0 saturated carbocycles. The number of benzene rings is 1. The largest absolute Gasteiger partial charge is 0.460 e. The van der Waals surface area contributed by atoms with E-state index in [4.69, 9.17) is 27.9 Å². The van der Waals surface area contributed by atoms with Gasteiger partial charge in [-0.15, -0.1) is 5.10 Å². The molecular formula is C14H19Cl2N3O2. The van der Waals surface area contributed by atoms with Crippen molar-refractivity contribution >= 4 is 40.7 Å². The molecule has 5 nitrogen and oxygen atoms in total. The Hall–Kier alpha value is -1.46. The summed E-state index contributed by atoms with van der Waals surface area (Å²) < 4.78 is 5.02. The van der Waals surface area contributed by atoms with Gasteiger partial charge in [-0.05, 0) is 39.0 Å². The molecule has 0 unspecified atom stereocenters. The maximum atomic E-state index is 12.0. The van der Waals surface area contributed by atoms with Crippen LogP contribution >= 0.6 is 23.2 Å². The Balaban J connectivity index is 3.01. The maximum Gasteiger partial charge on any atom is 0.375 e. The van der Waals surface area contributed by atoms with Crippen LogP contribution in [-0.2, 0) is 9.53 Å². The Morgan fingerprint density at radius 1 is 1.29 bits per heavy atom. The first-order valence-corrected chi connectivity index (χ1v) is 7.49. The summed E-state index contributed by atoms with van der Waals surface area (Å²) >= 11 is 12.0. The van der Waals surface area contributed by atoms with Crippen LogP contribution in [0.25, 0.3) is 0 Å². The molecule has 0 heterocycles. The number of carbonyl (C=O) groups is 1. The Bertz CT molecular complexity index is 517. The summed E-state index contributed by atoms with van der Waals surface area (Å²) in [5.41, 5.74) is 3.30. The van der Waals surface area contributed by atoms with Gasteiger partial charge in [0.15, 0.2) is 0 Å². The van der Waals surface area contributed by atoms with Gasteiger partial charge in [-0.2, -0.15) is 0 Å². The average molecular weight is 332 g/mol. The minimum absolute atomic E-state index is 0.206. The van der Waals surface area contributed by atoms with Crippen molar-refractivity contribution < 1.29 is 9.53 Å². The standard InChI is InChI=1S/C14H19Cl2N3O2/c1-4-19(5-2)13(14(20)21-6-3)18-17-12-9-10(15)7-8-11(12)16/h7-9,17H,4-6H2,1-3H3/b18-13+. The van der Waals surface area contributed by atoms with Crippen LogP contribution in [0.1, 0.15) is 20.8 Å². The molecule has 0 spiro atoms. The highest BCUT2D eigenvalue weighted by molar-refractivity contribution is 6.36. The van der Waals surface area contributed by atoms with Gasteiger partial charge in [-0.3, -0.25) is 5.43 Å². The topological polar surface area (TPSA) is 53.9 Å². The van der Waals surface area contributed by atoms with E-state index in [0.29, 0.717) is 28.8 Å². The van der Waals surface area contributed by atoms with E-state index in [-0.39, 0.29) is 12.4 Å². The van der Waals surface area contributed by atoms with Gasteiger partial charge in [0.25, 0.3) is 0 Å². The minimum Gasteiger partial charge on any atom is -0.460 e. The zero-order valence-electron chi connectivity index (χ0n) is 12.3. The number of amidine groups is 1. The molecule has 1 aromatic carbocycles. The van der Waals surface area contributed by atoms with E-state index in [1.165, 1.54) is 0 Å². The van der Waals surface area contributed by atoms with Gasteiger partial charge in [0.2, 0.25) is 5.84 Å². The van der Waals surface area contributed by atoms with Crippen LogP contribution in [0.4, 0.5) is 5.69 Å². The third-order valence-corrected chi connectivity index (χ3v) is 3.30. The smallest absolute Gasteiger partial charge is 0.375 e. The van der Waals surface area contributed by atoms with Crippen LogP contribution in [0, 0.1) is 0 Å². The van der Waals surface area contributed by atoms with Gasteiger partial charge in [0.1, 0.15) is 0 Å². The SMILES string of the molecule is CCOC(=O)/C(=N\Nc1cc(Cl)ccc1Cl)N(CC)CC. The third kappa shape index (κ3) is 5.10. The molecule has 1 rings (SSSR count). The van der Waals surface area contributed by atoms with Gasteiger partial charge in [0.05, 0.1) is 17.3 Å². The van der Waals surface area contributed by atoms with Crippen molar-refractivity contribution in [1.29, 1.82) is 0 Å². The number of carbonyl (C=O) groups excluding carboxylic acids is 1. The van der Waals surface area contributed by atoms with E-state index in [0.717, 1.165) is 0 Å². The van der Waals surface area contributed by atoms with Crippen LogP contribution in [0.5, 0.6) is 0 Å². The normalized spacial score (nSPS) is 11.2. The highest BCUT2D eigenvalue weighted by Gasteiger charge is 2.19. The Kier molecular flexibility index (Phi) is 7.32. The summed E-state index contributed by atoms with van der Waals surface area (Å²) in [7, 11) is 0. The number of nitrogens with one attached hydrogen (secondary N) is 1. The molecule has 21 heavy (non-hydrogen) atoms. The van der Waals surface area contributed by atoms with Gasteiger partial charge in [0, 0.05) is 18.1 Å². The Labute approximate surface area is 134 Å².